The number of guanidine groups is 1. The Balaban J connectivity index is 1.72. The van der Waals surface area contributed by atoms with Crippen LogP contribution in [0.5, 0.6) is 0 Å². The highest BCUT2D eigenvalue weighted by atomic mass is 35.5. The zero-order chi connectivity index (χ0) is 26.2. The molecule has 1 heterocycles. The van der Waals surface area contributed by atoms with Gasteiger partial charge in [0.15, 0.2) is 0 Å². The van der Waals surface area contributed by atoms with Crippen molar-refractivity contribution in [2.24, 2.45) is 4.99 Å². The molecule has 12 heteroatoms. The Labute approximate surface area is 219 Å². The van der Waals surface area contributed by atoms with Crippen molar-refractivity contribution in [3.8, 4) is 0 Å². The van der Waals surface area contributed by atoms with Crippen LogP contribution in [0.25, 0.3) is 0 Å². The largest absolute Gasteiger partial charge is 0.465 e. The van der Waals surface area contributed by atoms with Crippen molar-refractivity contribution in [3.63, 3.8) is 0 Å². The van der Waals surface area contributed by atoms with E-state index in [-0.39, 0.29) is 46.6 Å². The number of nitrogens with zero attached hydrogens (tertiary/aromatic N) is 3. The van der Waals surface area contributed by atoms with Gasteiger partial charge < -0.3 is 20.2 Å². The van der Waals surface area contributed by atoms with E-state index in [1.165, 1.54) is 0 Å². The number of nitrogens with one attached hydrogen (secondary N) is 3. The van der Waals surface area contributed by atoms with Crippen LogP contribution in [0.4, 0.5) is 16.2 Å². The Morgan fingerprint density at radius 3 is 2.39 bits per heavy atom. The van der Waals surface area contributed by atoms with Crippen LogP contribution in [0.3, 0.4) is 0 Å². The molecular formula is C24H28Cl2N6O4. The highest BCUT2D eigenvalue weighted by molar-refractivity contribution is 6.39. The van der Waals surface area contributed by atoms with Crippen molar-refractivity contribution in [2.45, 2.75) is 25.4 Å². The van der Waals surface area contributed by atoms with Crippen LogP contribution >= 0.6 is 23.2 Å². The number of carbonyl (C=O) groups excluding carboxylic acids is 2. The van der Waals surface area contributed by atoms with Crippen molar-refractivity contribution >= 4 is 58.4 Å². The highest BCUT2D eigenvalue weighted by Gasteiger charge is 2.31. The summed E-state index contributed by atoms with van der Waals surface area (Å²) in [5.41, 5.74) is 1.75. The summed E-state index contributed by atoms with van der Waals surface area (Å²) in [6, 6.07) is 12.2. The van der Waals surface area contributed by atoms with Gasteiger partial charge in [-0.05, 0) is 56.8 Å². The number of benzene rings is 2. The van der Waals surface area contributed by atoms with E-state index >= 15 is 0 Å². The number of hydrogen-bond acceptors (Lipinski definition) is 6. The first-order valence-corrected chi connectivity index (χ1v) is 12.0. The Kier molecular flexibility index (Phi) is 9.51. The third-order valence-corrected chi connectivity index (χ3v) is 5.95. The number of carbonyl (C=O) groups is 3. The second-order valence-corrected chi connectivity index (χ2v) is 9.31. The van der Waals surface area contributed by atoms with Gasteiger partial charge in [-0.1, -0.05) is 41.4 Å². The molecule has 0 radical (unpaired) electrons. The molecule has 1 fully saturated rings. The van der Waals surface area contributed by atoms with Gasteiger partial charge in [0.1, 0.15) is 6.04 Å². The van der Waals surface area contributed by atoms with Gasteiger partial charge in [-0.15, -0.1) is 0 Å². The van der Waals surface area contributed by atoms with E-state index in [2.05, 4.69) is 20.9 Å². The van der Waals surface area contributed by atoms with E-state index in [0.717, 1.165) is 18.7 Å². The lowest BCUT2D eigenvalue weighted by Crippen LogP contribution is -2.50. The zero-order valence-electron chi connectivity index (χ0n) is 19.9. The predicted molar refractivity (Wildman–Crippen MR) is 141 cm³/mol. The molecule has 0 aliphatic carbocycles. The molecule has 1 saturated heterocycles. The minimum atomic E-state index is -1.37. The van der Waals surface area contributed by atoms with Crippen LogP contribution in [0.2, 0.25) is 10.0 Å². The van der Waals surface area contributed by atoms with E-state index in [1.807, 2.05) is 35.2 Å². The summed E-state index contributed by atoms with van der Waals surface area (Å²) in [5, 5.41) is 17.0. The molecule has 2 aromatic rings. The molecular weight excluding hydrogens is 507 g/mol. The Bertz CT molecular complexity index is 1120. The molecule has 0 saturated carbocycles. The van der Waals surface area contributed by atoms with E-state index in [9.17, 15) is 19.5 Å². The second kappa shape index (κ2) is 12.6. The molecule has 2 aromatic carbocycles. The van der Waals surface area contributed by atoms with Gasteiger partial charge in [-0.2, -0.15) is 0 Å². The highest BCUT2D eigenvalue weighted by Crippen LogP contribution is 2.32. The first-order valence-electron chi connectivity index (χ1n) is 11.2. The topological polar surface area (TPSA) is 126 Å². The molecule has 10 nitrogen and oxygen atoms in total. The molecule has 4 N–H and O–H groups in total. The number of rotatable bonds is 7. The number of likely N-dealkylation sites (N-methyl/N-ethyl adjacent to an activating group) is 1. The Morgan fingerprint density at radius 1 is 1.11 bits per heavy atom. The van der Waals surface area contributed by atoms with Crippen molar-refractivity contribution in [3.05, 3.63) is 58.1 Å². The molecule has 1 atom stereocenters. The standard InChI is InChI=1S/C24H28Cl2N6O4/c1-31(2)14-20(33)28-21-17(25)11-15(12-18(21)26)13-27-23(30-24(35)36)29-22(34)19-9-6-10-32(19)16-7-4-3-5-8-16/h3-5,7-8,11-12,19H,6,9-10,13-14H2,1-2H3,(H,28,33)(H,35,36)(H2,27,29,30,34). The van der Waals surface area contributed by atoms with Crippen LogP contribution in [-0.2, 0) is 16.1 Å². The van der Waals surface area contributed by atoms with Gasteiger partial charge in [-0.3, -0.25) is 20.2 Å². The minimum absolute atomic E-state index is 0.0195. The van der Waals surface area contributed by atoms with Gasteiger partial charge in [-0.25, -0.2) is 9.79 Å². The fraction of sp³-hybridized carbons (Fsp3) is 0.333. The van der Waals surface area contributed by atoms with E-state index in [1.54, 1.807) is 31.1 Å². The monoisotopic (exact) mass is 534 g/mol. The van der Waals surface area contributed by atoms with E-state index in [0.29, 0.717) is 12.0 Å². The van der Waals surface area contributed by atoms with Gasteiger partial charge in [0.25, 0.3) is 0 Å². The lowest BCUT2D eigenvalue weighted by molar-refractivity contribution is -0.121. The predicted octanol–water partition coefficient (Wildman–Crippen LogP) is 3.40. The summed E-state index contributed by atoms with van der Waals surface area (Å²) in [4.78, 5) is 44.3. The first-order chi connectivity index (χ1) is 17.1. The smallest absolute Gasteiger partial charge is 0.411 e. The number of hydrogen-bond donors (Lipinski definition) is 4. The van der Waals surface area contributed by atoms with Crippen LogP contribution in [0, 0.1) is 0 Å². The third kappa shape index (κ3) is 7.58. The fourth-order valence-corrected chi connectivity index (χ4v) is 4.48. The second-order valence-electron chi connectivity index (χ2n) is 8.49. The molecule has 1 unspecified atom stereocenters. The molecule has 3 rings (SSSR count). The lowest BCUT2D eigenvalue weighted by Gasteiger charge is -2.26. The maximum atomic E-state index is 13.0. The Morgan fingerprint density at radius 2 is 1.78 bits per heavy atom. The molecule has 0 spiro atoms. The van der Waals surface area contributed by atoms with Crippen LogP contribution in [-0.4, -0.2) is 67.1 Å². The summed E-state index contributed by atoms with van der Waals surface area (Å²) in [7, 11) is 3.52. The molecule has 36 heavy (non-hydrogen) atoms. The third-order valence-electron chi connectivity index (χ3n) is 5.36. The number of para-hydroxylation sites is 1. The fourth-order valence-electron chi connectivity index (χ4n) is 3.85. The average Bonchev–Trinajstić information content (AvgIpc) is 3.30. The molecule has 3 amide bonds. The molecule has 0 bridgehead atoms. The zero-order valence-corrected chi connectivity index (χ0v) is 21.4. The molecule has 1 aliphatic heterocycles. The maximum absolute atomic E-state index is 13.0. The van der Waals surface area contributed by atoms with Gasteiger partial charge in [0.2, 0.25) is 17.8 Å². The number of halogens is 2. The molecule has 192 valence electrons. The number of carboxylic acid groups (broad SMARTS) is 1. The summed E-state index contributed by atoms with van der Waals surface area (Å²) < 4.78 is 0. The summed E-state index contributed by atoms with van der Waals surface area (Å²) in [6.45, 7) is 0.856. The van der Waals surface area contributed by atoms with Crippen LogP contribution in [0.15, 0.2) is 47.5 Å². The molecule has 1 aliphatic rings. The summed E-state index contributed by atoms with van der Waals surface area (Å²) in [5.74, 6) is -0.844. The van der Waals surface area contributed by atoms with E-state index < -0.39 is 12.1 Å². The minimum Gasteiger partial charge on any atom is -0.465 e. The van der Waals surface area contributed by atoms with Crippen molar-refractivity contribution in [2.75, 3.05) is 37.4 Å². The van der Waals surface area contributed by atoms with Crippen LogP contribution < -0.4 is 20.9 Å². The van der Waals surface area contributed by atoms with Crippen molar-refractivity contribution in [1.29, 1.82) is 0 Å². The SMILES string of the molecule is CN(C)CC(=O)Nc1c(Cl)cc(CN=C(NC(=O)O)NC(=O)C2CCCN2c2ccccc2)cc1Cl. The maximum Gasteiger partial charge on any atom is 0.411 e. The first kappa shape index (κ1) is 27.3. The van der Waals surface area contributed by atoms with E-state index in [4.69, 9.17) is 23.2 Å². The van der Waals surface area contributed by atoms with Gasteiger partial charge in [0.05, 0.1) is 28.8 Å². The quantitative estimate of drug-likeness (QED) is 0.318. The van der Waals surface area contributed by atoms with Gasteiger partial charge >= 0.3 is 6.09 Å². The summed E-state index contributed by atoms with van der Waals surface area (Å²) in [6.07, 6.45) is 0.100. The summed E-state index contributed by atoms with van der Waals surface area (Å²) >= 11 is 12.6. The lowest BCUT2D eigenvalue weighted by atomic mass is 10.2. The van der Waals surface area contributed by atoms with Crippen LogP contribution in [0.1, 0.15) is 18.4 Å². The van der Waals surface area contributed by atoms with Crippen molar-refractivity contribution < 1.29 is 19.5 Å². The molecule has 0 aromatic heterocycles. The number of anilines is 2. The number of amides is 3. The van der Waals surface area contributed by atoms with Crippen molar-refractivity contribution in [1.82, 2.24) is 15.5 Å². The normalized spacial score (nSPS) is 15.6. The average molecular weight is 535 g/mol. The number of aliphatic imine (C=N–C) groups is 1. The van der Waals surface area contributed by atoms with Gasteiger partial charge in [0, 0.05) is 12.2 Å². The Hall–Kier alpha value is -3.34.